The molecule has 1 N–H and O–H groups in total. The van der Waals surface area contributed by atoms with Gasteiger partial charge in [0, 0.05) is 29.3 Å². The van der Waals surface area contributed by atoms with Gasteiger partial charge in [-0.1, -0.05) is 5.11 Å². The van der Waals surface area contributed by atoms with Crippen molar-refractivity contribution in [3.8, 4) is 5.75 Å². The Morgan fingerprint density at radius 3 is 2.58 bits per heavy atom. The van der Waals surface area contributed by atoms with Gasteiger partial charge in [-0.25, -0.2) is 9.36 Å². The van der Waals surface area contributed by atoms with Crippen molar-refractivity contribution >= 4 is 13.5 Å². The molecule has 1 atom stereocenters. The number of hydrogen-bond acceptors (Lipinski definition) is 10. The number of benzene rings is 1. The van der Waals surface area contributed by atoms with Gasteiger partial charge in [-0.05, 0) is 17.7 Å². The van der Waals surface area contributed by atoms with Crippen LogP contribution in [0.25, 0.3) is 10.4 Å². The van der Waals surface area contributed by atoms with Crippen LogP contribution in [0, 0.1) is 10.1 Å². The molecule has 164 valence electrons. The summed E-state index contributed by atoms with van der Waals surface area (Å²) in [6.45, 7) is -0.792. The summed E-state index contributed by atoms with van der Waals surface area (Å²) in [5, 5.41) is 14.1. The minimum Gasteiger partial charge on any atom is -0.404 e. The average molecular weight is 454 g/mol. The lowest BCUT2D eigenvalue weighted by molar-refractivity contribution is -0.384. The second-order valence-corrected chi connectivity index (χ2v) is 7.62. The fourth-order valence-corrected chi connectivity index (χ4v) is 3.76. The van der Waals surface area contributed by atoms with E-state index in [1.54, 1.807) is 0 Å². The molecule has 0 unspecified atom stereocenters. The molecule has 3 rings (SSSR count). The van der Waals surface area contributed by atoms with Crippen LogP contribution in [0.2, 0.25) is 0 Å². The van der Waals surface area contributed by atoms with Crippen LogP contribution in [0.3, 0.4) is 0 Å². The molecule has 2 heterocycles. The number of ether oxygens (including phenoxy) is 1. The Labute approximate surface area is 172 Å². The van der Waals surface area contributed by atoms with E-state index in [1.807, 2.05) is 0 Å². The van der Waals surface area contributed by atoms with E-state index in [9.17, 15) is 24.3 Å². The van der Waals surface area contributed by atoms with E-state index >= 15 is 0 Å². The monoisotopic (exact) mass is 454 g/mol. The predicted molar refractivity (Wildman–Crippen MR) is 102 cm³/mol. The summed E-state index contributed by atoms with van der Waals surface area (Å²) in [4.78, 5) is 38.0. The zero-order valence-corrected chi connectivity index (χ0v) is 16.5. The first-order valence-corrected chi connectivity index (χ1v) is 10.1. The molecule has 0 aliphatic carbocycles. The van der Waals surface area contributed by atoms with Gasteiger partial charge in [0.15, 0.2) is 0 Å². The van der Waals surface area contributed by atoms with Gasteiger partial charge < -0.3 is 9.26 Å². The first kappa shape index (κ1) is 22.2. The number of nitro benzene ring substituents is 1. The van der Waals surface area contributed by atoms with Crippen LogP contribution < -0.4 is 15.8 Å². The molecule has 16 heteroatoms. The fourth-order valence-electron chi connectivity index (χ4n) is 2.50. The summed E-state index contributed by atoms with van der Waals surface area (Å²) in [5.74, 6) is 0.0364. The smallest absolute Gasteiger partial charge is 0.404 e. The normalized spacial score (nSPS) is 21.6. The predicted octanol–water partition coefficient (Wildman–Crippen LogP) is 1.87. The number of nitrogens with one attached hydrogen (secondary N) is 1. The molecule has 0 spiro atoms. The van der Waals surface area contributed by atoms with Gasteiger partial charge in [-0.3, -0.25) is 33.5 Å². The number of phosphoric ester groups is 1. The van der Waals surface area contributed by atoms with E-state index in [0.29, 0.717) is 0 Å². The highest BCUT2D eigenvalue weighted by molar-refractivity contribution is 7.49. The first-order chi connectivity index (χ1) is 14.8. The van der Waals surface area contributed by atoms with Crippen molar-refractivity contribution in [3.05, 3.63) is 77.9 Å². The van der Waals surface area contributed by atoms with Gasteiger partial charge in [0.25, 0.3) is 11.2 Å². The van der Waals surface area contributed by atoms with Gasteiger partial charge in [0.05, 0.1) is 24.7 Å². The van der Waals surface area contributed by atoms with Crippen LogP contribution in [0.1, 0.15) is 6.23 Å². The van der Waals surface area contributed by atoms with Gasteiger partial charge in [-0.2, -0.15) is 0 Å². The van der Waals surface area contributed by atoms with Crippen molar-refractivity contribution in [1.29, 1.82) is 0 Å². The molecule has 0 saturated carbocycles. The fraction of sp³-hybridized carbons (Fsp3) is 0.333. The van der Waals surface area contributed by atoms with Crippen LogP contribution >= 0.6 is 7.82 Å². The quantitative estimate of drug-likeness (QED) is 0.154. The van der Waals surface area contributed by atoms with Crippen molar-refractivity contribution in [2.75, 3.05) is 19.8 Å². The van der Waals surface area contributed by atoms with Gasteiger partial charge in [-0.15, -0.1) is 0 Å². The van der Waals surface area contributed by atoms with E-state index in [1.165, 1.54) is 30.5 Å². The third kappa shape index (κ3) is 5.78. The molecule has 1 fully saturated rings. The topological polar surface area (TPSA) is 201 Å². The van der Waals surface area contributed by atoms with Crippen LogP contribution in [0.15, 0.2) is 51.2 Å². The second kappa shape index (κ2) is 9.55. The van der Waals surface area contributed by atoms with Gasteiger partial charge in [0.1, 0.15) is 18.1 Å². The van der Waals surface area contributed by atoms with Crippen LogP contribution in [-0.2, 0) is 18.3 Å². The number of aromatic nitrogens is 2. The number of aromatic amines is 1. The SMILES string of the molecule is [N-]=[N+]=NC[C@@H](OC1COP(=O)(Oc2ccc([N+](=O)[O-])cc2)OC1)n1ccc(=O)[nH]c1=O. The highest BCUT2D eigenvalue weighted by Crippen LogP contribution is 2.52. The number of nitrogens with zero attached hydrogens (tertiary/aromatic N) is 5. The minimum atomic E-state index is -4.01. The molecule has 0 radical (unpaired) electrons. The molecule has 1 aromatic heterocycles. The van der Waals surface area contributed by atoms with Crippen LogP contribution in [0.4, 0.5) is 5.69 Å². The Hall–Kier alpha value is -3.48. The van der Waals surface area contributed by atoms with Gasteiger partial charge >= 0.3 is 13.5 Å². The molecule has 0 bridgehead atoms. The van der Waals surface area contributed by atoms with Crippen molar-refractivity contribution in [1.82, 2.24) is 9.55 Å². The minimum absolute atomic E-state index is 0.0364. The molecular weight excluding hydrogens is 439 g/mol. The third-order valence-electron chi connectivity index (χ3n) is 3.91. The van der Waals surface area contributed by atoms with E-state index in [-0.39, 0.29) is 31.2 Å². The third-order valence-corrected chi connectivity index (χ3v) is 5.28. The Kier molecular flexibility index (Phi) is 6.84. The number of phosphoric acid groups is 1. The van der Waals surface area contributed by atoms with Crippen molar-refractivity contribution in [3.63, 3.8) is 0 Å². The summed E-state index contributed by atoms with van der Waals surface area (Å²) >= 11 is 0. The Morgan fingerprint density at radius 2 is 2.00 bits per heavy atom. The van der Waals surface area contributed by atoms with Crippen molar-refractivity contribution in [2.45, 2.75) is 12.3 Å². The number of nitro groups is 1. The molecule has 1 saturated heterocycles. The Balaban J connectivity index is 1.64. The maximum absolute atomic E-state index is 12.6. The van der Waals surface area contributed by atoms with Crippen molar-refractivity contribution < 1.29 is 27.8 Å². The average Bonchev–Trinajstić information content (AvgIpc) is 2.73. The van der Waals surface area contributed by atoms with Crippen LogP contribution in [-0.4, -0.2) is 40.3 Å². The number of non-ortho nitro benzene ring substituents is 1. The maximum atomic E-state index is 12.6. The molecule has 1 aliphatic rings. The van der Waals surface area contributed by atoms with E-state index in [0.717, 1.165) is 10.6 Å². The highest BCUT2D eigenvalue weighted by atomic mass is 31.2. The molecule has 0 amide bonds. The van der Waals surface area contributed by atoms with Crippen molar-refractivity contribution in [2.24, 2.45) is 5.11 Å². The zero-order valence-electron chi connectivity index (χ0n) is 15.6. The zero-order chi connectivity index (χ0) is 22.4. The molecule has 2 aromatic rings. The Bertz CT molecular complexity index is 1140. The second-order valence-electron chi connectivity index (χ2n) is 6.02. The number of hydrogen-bond donors (Lipinski definition) is 1. The summed E-state index contributed by atoms with van der Waals surface area (Å²) in [6, 6.07) is 5.91. The summed E-state index contributed by atoms with van der Waals surface area (Å²) in [6.07, 6.45) is -0.739. The molecule has 1 aliphatic heterocycles. The van der Waals surface area contributed by atoms with Crippen LogP contribution in [0.5, 0.6) is 5.75 Å². The summed E-state index contributed by atoms with van der Waals surface area (Å²) in [5.41, 5.74) is 6.99. The van der Waals surface area contributed by atoms with E-state index < -0.39 is 36.3 Å². The lowest BCUT2D eigenvalue weighted by Gasteiger charge is -2.30. The number of H-pyrrole nitrogens is 1. The Morgan fingerprint density at radius 1 is 1.32 bits per heavy atom. The highest BCUT2D eigenvalue weighted by Gasteiger charge is 2.37. The van der Waals surface area contributed by atoms with E-state index in [2.05, 4.69) is 15.0 Å². The molecule has 31 heavy (non-hydrogen) atoms. The van der Waals surface area contributed by atoms with Gasteiger partial charge in [0.2, 0.25) is 0 Å². The first-order valence-electron chi connectivity index (χ1n) is 8.60. The summed E-state index contributed by atoms with van der Waals surface area (Å²) in [7, 11) is -4.01. The molecular formula is C15H15N6O9P. The lowest BCUT2D eigenvalue weighted by atomic mass is 10.3. The largest absolute Gasteiger partial charge is 0.530 e. The molecule has 1 aromatic carbocycles. The van der Waals surface area contributed by atoms with E-state index in [4.69, 9.17) is 23.8 Å². The summed E-state index contributed by atoms with van der Waals surface area (Å²) < 4.78 is 34.7. The standard InChI is InChI=1S/C15H15N6O9P/c16-19-17-7-14(20-6-5-13(22)18-15(20)23)29-12-8-27-31(26,28-9-12)30-11-3-1-10(2-4-11)21(24)25/h1-6,12,14H,7-9H2,(H,18,22,23)/t12?,14-,31?/m1/s1. The maximum Gasteiger partial charge on any atom is 0.530 e. The molecule has 15 nitrogen and oxygen atoms in total. The lowest BCUT2D eigenvalue weighted by Crippen LogP contribution is -2.38. The number of rotatable bonds is 8. The number of azide groups is 1.